The van der Waals surface area contributed by atoms with E-state index in [4.69, 9.17) is 10.5 Å². The number of aromatic nitrogens is 1. The summed E-state index contributed by atoms with van der Waals surface area (Å²) in [6.45, 7) is 5.12. The molecule has 3 N–H and O–H groups in total. The molecule has 0 spiro atoms. The number of primary amides is 1. The van der Waals surface area contributed by atoms with Crippen molar-refractivity contribution in [3.05, 3.63) is 22.5 Å². The number of hydrogen-bond donors (Lipinski definition) is 2. The molecule has 1 saturated heterocycles. The average Bonchev–Trinajstić information content (AvgIpc) is 3.35. The van der Waals surface area contributed by atoms with Gasteiger partial charge in [0.15, 0.2) is 6.61 Å². The highest BCUT2D eigenvalue weighted by Crippen LogP contribution is 2.38. The normalized spacial score (nSPS) is 17.4. The van der Waals surface area contributed by atoms with Crippen LogP contribution in [0, 0.1) is 12.8 Å². The summed E-state index contributed by atoms with van der Waals surface area (Å²) in [7, 11) is 0. The molecule has 0 bridgehead atoms. The Kier molecular flexibility index (Phi) is 6.50. The van der Waals surface area contributed by atoms with Gasteiger partial charge < -0.3 is 20.7 Å². The highest BCUT2D eigenvalue weighted by molar-refractivity contribution is 7.21. The van der Waals surface area contributed by atoms with E-state index in [-0.39, 0.29) is 24.3 Å². The maximum Gasteiger partial charge on any atom is 0.257 e. The van der Waals surface area contributed by atoms with Gasteiger partial charge in [-0.2, -0.15) is 0 Å². The molecule has 1 aliphatic heterocycles. The molecule has 4 rings (SSSR count). The molecule has 7 nitrogen and oxygen atoms in total. The fraction of sp³-hybridized carbons (Fsp3) is 0.476. The third-order valence-electron chi connectivity index (χ3n) is 5.41. The summed E-state index contributed by atoms with van der Waals surface area (Å²) in [4.78, 5) is 30.5. The van der Waals surface area contributed by atoms with Crippen LogP contribution in [0.25, 0.3) is 20.3 Å². The minimum Gasteiger partial charge on any atom is -0.483 e. The topological polar surface area (TPSA) is 97.6 Å². The second kappa shape index (κ2) is 9.28. The molecule has 0 saturated carbocycles. The van der Waals surface area contributed by atoms with Crippen LogP contribution in [0.5, 0.6) is 5.75 Å². The molecule has 160 valence electrons. The Hall–Kier alpha value is -2.23. The monoisotopic (exact) mass is 446 g/mol. The molecule has 1 aromatic carbocycles. The van der Waals surface area contributed by atoms with Gasteiger partial charge in [-0.1, -0.05) is 0 Å². The van der Waals surface area contributed by atoms with Gasteiger partial charge in [0.05, 0.1) is 25.8 Å². The Labute approximate surface area is 183 Å². The van der Waals surface area contributed by atoms with Gasteiger partial charge in [-0.05, 0) is 50.7 Å². The smallest absolute Gasteiger partial charge is 0.257 e. The van der Waals surface area contributed by atoms with Crippen molar-refractivity contribution in [2.24, 2.45) is 11.7 Å². The van der Waals surface area contributed by atoms with Gasteiger partial charge in [0.1, 0.15) is 5.75 Å². The van der Waals surface area contributed by atoms with Gasteiger partial charge in [-0.3, -0.25) is 9.59 Å². The molecule has 0 radical (unpaired) electrons. The Morgan fingerprint density at radius 3 is 3.13 bits per heavy atom. The molecule has 30 heavy (non-hydrogen) atoms. The molecule has 1 fully saturated rings. The Morgan fingerprint density at radius 1 is 1.43 bits per heavy atom. The molecular weight excluding hydrogens is 420 g/mol. The number of amides is 2. The third-order valence-corrected chi connectivity index (χ3v) is 7.25. The van der Waals surface area contributed by atoms with Crippen LogP contribution in [0.15, 0.2) is 17.5 Å². The number of likely N-dealkylation sites (tertiary alicyclic amines) is 1. The summed E-state index contributed by atoms with van der Waals surface area (Å²) in [5, 5.41) is 6.96. The molecule has 1 aliphatic rings. The fourth-order valence-corrected chi connectivity index (χ4v) is 5.76. The number of nitrogens with one attached hydrogen (secondary N) is 1. The summed E-state index contributed by atoms with van der Waals surface area (Å²) in [6.07, 6.45) is 2.71. The lowest BCUT2D eigenvalue weighted by Crippen LogP contribution is -2.42. The van der Waals surface area contributed by atoms with Crippen molar-refractivity contribution >= 4 is 54.8 Å². The first-order chi connectivity index (χ1) is 14.5. The zero-order valence-corrected chi connectivity index (χ0v) is 18.6. The molecule has 1 atom stereocenters. The standard InChI is InChI=1S/C21H26N4O3S2/c1-13-24-19-17(30-13)10-16(15-5-9-29-20(15)19)28-12-18(26)23-6-3-8-25-7-2-4-14(11-25)21(22)27/h5,9-10,14H,2-4,6-8,11-12H2,1H3,(H2,22,27)(H,23,26). The largest absolute Gasteiger partial charge is 0.483 e. The quantitative estimate of drug-likeness (QED) is 0.519. The SMILES string of the molecule is Cc1nc2c(cc(OCC(=O)NCCCN3CCCC(C(N)=O)C3)c3ccsc32)s1. The van der Waals surface area contributed by atoms with Crippen LogP contribution in [0.1, 0.15) is 24.3 Å². The number of hydrogen-bond acceptors (Lipinski definition) is 7. The van der Waals surface area contributed by atoms with E-state index in [0.29, 0.717) is 6.54 Å². The predicted octanol–water partition coefficient (Wildman–Crippen LogP) is 2.90. The Balaban J connectivity index is 1.25. The number of piperidine rings is 1. The van der Waals surface area contributed by atoms with Crippen LogP contribution < -0.4 is 15.8 Å². The second-order valence-corrected chi connectivity index (χ2v) is 9.80. The number of aryl methyl sites for hydroxylation is 1. The number of nitrogens with two attached hydrogens (primary N) is 1. The predicted molar refractivity (Wildman–Crippen MR) is 121 cm³/mol. The van der Waals surface area contributed by atoms with Gasteiger partial charge in [0.2, 0.25) is 5.91 Å². The minimum atomic E-state index is -0.212. The zero-order valence-electron chi connectivity index (χ0n) is 17.0. The molecule has 1 unspecified atom stereocenters. The van der Waals surface area contributed by atoms with E-state index in [1.165, 1.54) is 0 Å². The summed E-state index contributed by atoms with van der Waals surface area (Å²) in [5.41, 5.74) is 6.44. The Morgan fingerprint density at radius 2 is 2.30 bits per heavy atom. The minimum absolute atomic E-state index is 0.0122. The van der Waals surface area contributed by atoms with E-state index in [0.717, 1.165) is 70.0 Å². The lowest BCUT2D eigenvalue weighted by molar-refractivity contribution is -0.123. The summed E-state index contributed by atoms with van der Waals surface area (Å²) >= 11 is 3.27. The van der Waals surface area contributed by atoms with E-state index >= 15 is 0 Å². The van der Waals surface area contributed by atoms with Gasteiger partial charge >= 0.3 is 0 Å². The number of rotatable bonds is 8. The van der Waals surface area contributed by atoms with Crippen molar-refractivity contribution in [2.75, 3.05) is 32.8 Å². The number of carbonyl (C=O) groups is 2. The van der Waals surface area contributed by atoms with Crippen LogP contribution in [0.4, 0.5) is 0 Å². The molecule has 3 heterocycles. The van der Waals surface area contributed by atoms with E-state index in [1.807, 2.05) is 24.4 Å². The van der Waals surface area contributed by atoms with Crippen LogP contribution in [0.2, 0.25) is 0 Å². The Bertz CT molecular complexity index is 1060. The first kappa shape index (κ1) is 21.0. The third kappa shape index (κ3) is 4.74. The van der Waals surface area contributed by atoms with Crippen LogP contribution in [-0.4, -0.2) is 54.5 Å². The summed E-state index contributed by atoms with van der Waals surface area (Å²) in [5.74, 6) is 0.336. The van der Waals surface area contributed by atoms with Crippen LogP contribution >= 0.6 is 22.7 Å². The summed E-state index contributed by atoms with van der Waals surface area (Å²) in [6, 6.07) is 3.99. The first-order valence-electron chi connectivity index (χ1n) is 10.2. The van der Waals surface area contributed by atoms with Crippen molar-refractivity contribution in [2.45, 2.75) is 26.2 Å². The van der Waals surface area contributed by atoms with Gasteiger partial charge in [-0.25, -0.2) is 4.98 Å². The molecule has 3 aromatic rings. The second-order valence-electron chi connectivity index (χ2n) is 7.65. The average molecular weight is 447 g/mol. The number of nitrogens with zero attached hydrogens (tertiary/aromatic N) is 2. The van der Waals surface area contributed by atoms with Crippen molar-refractivity contribution in [1.29, 1.82) is 0 Å². The maximum atomic E-state index is 12.2. The van der Waals surface area contributed by atoms with Crippen molar-refractivity contribution in [1.82, 2.24) is 15.2 Å². The van der Waals surface area contributed by atoms with E-state index in [2.05, 4.69) is 15.2 Å². The van der Waals surface area contributed by atoms with Gasteiger partial charge in [0.25, 0.3) is 5.91 Å². The van der Waals surface area contributed by atoms with Gasteiger partial charge in [-0.15, -0.1) is 22.7 Å². The number of benzene rings is 1. The molecule has 2 aromatic heterocycles. The highest BCUT2D eigenvalue weighted by atomic mass is 32.1. The number of thiophene rings is 1. The maximum absolute atomic E-state index is 12.2. The van der Waals surface area contributed by atoms with E-state index in [9.17, 15) is 9.59 Å². The number of thiazole rings is 1. The molecule has 2 amide bonds. The van der Waals surface area contributed by atoms with Gasteiger partial charge in [0, 0.05) is 24.5 Å². The van der Waals surface area contributed by atoms with Crippen molar-refractivity contribution in [3.63, 3.8) is 0 Å². The highest BCUT2D eigenvalue weighted by Gasteiger charge is 2.23. The molecular formula is C21H26N4O3S2. The number of fused-ring (bicyclic) bond motifs is 3. The molecule has 9 heteroatoms. The van der Waals surface area contributed by atoms with E-state index < -0.39 is 0 Å². The summed E-state index contributed by atoms with van der Waals surface area (Å²) < 4.78 is 8.03. The lowest BCUT2D eigenvalue weighted by atomic mass is 9.97. The molecule has 0 aliphatic carbocycles. The van der Waals surface area contributed by atoms with Crippen molar-refractivity contribution < 1.29 is 14.3 Å². The first-order valence-corrected chi connectivity index (χ1v) is 11.9. The van der Waals surface area contributed by atoms with Crippen LogP contribution in [0.3, 0.4) is 0 Å². The number of carbonyl (C=O) groups excluding carboxylic acids is 2. The zero-order chi connectivity index (χ0) is 21.1. The van der Waals surface area contributed by atoms with E-state index in [1.54, 1.807) is 22.7 Å². The van der Waals surface area contributed by atoms with Crippen LogP contribution in [-0.2, 0) is 9.59 Å². The fourth-order valence-electron chi connectivity index (χ4n) is 3.92. The number of ether oxygens (including phenoxy) is 1. The van der Waals surface area contributed by atoms with Crippen molar-refractivity contribution in [3.8, 4) is 5.75 Å². The lowest BCUT2D eigenvalue weighted by Gasteiger charge is -2.31.